The summed E-state index contributed by atoms with van der Waals surface area (Å²) in [4.78, 5) is 0. The highest BCUT2D eigenvalue weighted by Gasteiger charge is 1.98. The third kappa shape index (κ3) is 2.05. The monoisotopic (exact) mass is 139 g/mol. The minimum atomic E-state index is 0.416. The first-order chi connectivity index (χ1) is 4.63. The Balaban J connectivity index is 4.45. The van der Waals surface area contributed by atoms with Crippen LogP contribution >= 0.6 is 0 Å². The van der Waals surface area contributed by atoms with Gasteiger partial charge < -0.3 is 10.1 Å². The topological polar surface area (TPSA) is 33.1 Å². The maximum absolute atomic E-state index is 7.32. The standard InChI is InChI=1S/C8H13NO/c1-5-8(9)6(2)7(3)10-4/h5,9H,1H2,2-4H3/b7-6-,9-8?. The molecule has 10 heavy (non-hydrogen) atoms. The predicted octanol–water partition coefficient (Wildman–Crippen LogP) is 2.13. The fraction of sp³-hybridized carbons (Fsp3) is 0.375. The van der Waals surface area contributed by atoms with Crippen molar-refractivity contribution in [3.05, 3.63) is 24.0 Å². The van der Waals surface area contributed by atoms with E-state index in [1.165, 1.54) is 6.08 Å². The molecular weight excluding hydrogens is 126 g/mol. The van der Waals surface area contributed by atoms with Crippen molar-refractivity contribution < 1.29 is 4.74 Å². The summed E-state index contributed by atoms with van der Waals surface area (Å²) in [6, 6.07) is 0. The van der Waals surface area contributed by atoms with Gasteiger partial charge in [0, 0.05) is 5.57 Å². The Labute approximate surface area is 61.7 Å². The quantitative estimate of drug-likeness (QED) is 0.471. The van der Waals surface area contributed by atoms with Gasteiger partial charge >= 0.3 is 0 Å². The Morgan fingerprint density at radius 1 is 1.50 bits per heavy atom. The molecule has 0 aromatic rings. The highest BCUT2D eigenvalue weighted by Crippen LogP contribution is 2.04. The zero-order valence-corrected chi connectivity index (χ0v) is 6.69. The number of ether oxygens (including phenoxy) is 1. The molecule has 0 aliphatic carbocycles. The average Bonchev–Trinajstić information content (AvgIpc) is 2.00. The fourth-order valence-electron chi connectivity index (χ4n) is 0.496. The first-order valence-corrected chi connectivity index (χ1v) is 3.06. The van der Waals surface area contributed by atoms with Gasteiger partial charge in [0.1, 0.15) is 0 Å². The van der Waals surface area contributed by atoms with Crippen LogP contribution in [0.2, 0.25) is 0 Å². The molecule has 0 aromatic carbocycles. The van der Waals surface area contributed by atoms with Crippen LogP contribution in [0.15, 0.2) is 24.0 Å². The summed E-state index contributed by atoms with van der Waals surface area (Å²) < 4.78 is 4.93. The second kappa shape index (κ2) is 3.88. The third-order valence-corrected chi connectivity index (χ3v) is 1.44. The van der Waals surface area contributed by atoms with Gasteiger partial charge in [-0.05, 0) is 19.9 Å². The Bertz CT molecular complexity index is 180. The van der Waals surface area contributed by atoms with E-state index in [4.69, 9.17) is 10.1 Å². The van der Waals surface area contributed by atoms with Crippen LogP contribution in [0.4, 0.5) is 0 Å². The van der Waals surface area contributed by atoms with Crippen LogP contribution in [0.3, 0.4) is 0 Å². The van der Waals surface area contributed by atoms with E-state index in [1.54, 1.807) is 7.11 Å². The molecular formula is C8H13NO. The molecule has 56 valence electrons. The molecule has 0 radical (unpaired) electrons. The smallest absolute Gasteiger partial charge is 0.0974 e. The SMILES string of the molecule is C=CC(=N)/C(C)=C(/C)OC. The van der Waals surface area contributed by atoms with E-state index in [0.29, 0.717) is 5.71 Å². The van der Waals surface area contributed by atoms with E-state index < -0.39 is 0 Å². The van der Waals surface area contributed by atoms with Crippen molar-refractivity contribution in [3.8, 4) is 0 Å². The van der Waals surface area contributed by atoms with Crippen LogP contribution in [-0.4, -0.2) is 12.8 Å². The van der Waals surface area contributed by atoms with Gasteiger partial charge in [-0.25, -0.2) is 0 Å². The summed E-state index contributed by atoms with van der Waals surface area (Å²) in [5.74, 6) is 0.768. The van der Waals surface area contributed by atoms with Crippen molar-refractivity contribution in [3.63, 3.8) is 0 Å². The molecule has 0 spiro atoms. The highest BCUT2D eigenvalue weighted by atomic mass is 16.5. The highest BCUT2D eigenvalue weighted by molar-refractivity contribution is 6.05. The Morgan fingerprint density at radius 3 is 2.30 bits per heavy atom. The lowest BCUT2D eigenvalue weighted by Gasteiger charge is -2.03. The van der Waals surface area contributed by atoms with Crippen molar-refractivity contribution >= 4 is 5.71 Å². The van der Waals surface area contributed by atoms with Crippen molar-refractivity contribution in [2.45, 2.75) is 13.8 Å². The summed E-state index contributed by atoms with van der Waals surface area (Å²) in [5, 5.41) is 7.32. The summed E-state index contributed by atoms with van der Waals surface area (Å²) >= 11 is 0. The van der Waals surface area contributed by atoms with Gasteiger partial charge in [-0.3, -0.25) is 0 Å². The Hall–Kier alpha value is -1.05. The molecule has 0 aliphatic heterocycles. The number of allylic oxidation sites excluding steroid dienone is 3. The zero-order valence-electron chi connectivity index (χ0n) is 6.69. The van der Waals surface area contributed by atoms with E-state index in [2.05, 4.69) is 6.58 Å². The van der Waals surface area contributed by atoms with Gasteiger partial charge in [-0.1, -0.05) is 6.58 Å². The lowest BCUT2D eigenvalue weighted by atomic mass is 10.1. The van der Waals surface area contributed by atoms with Gasteiger partial charge in [0.2, 0.25) is 0 Å². The second-order valence-electron chi connectivity index (χ2n) is 2.00. The number of hydrogen-bond acceptors (Lipinski definition) is 2. The van der Waals surface area contributed by atoms with Crippen LogP contribution in [0, 0.1) is 5.41 Å². The molecule has 0 saturated carbocycles. The van der Waals surface area contributed by atoms with Crippen molar-refractivity contribution in [2.24, 2.45) is 0 Å². The van der Waals surface area contributed by atoms with Crippen LogP contribution in [0.25, 0.3) is 0 Å². The Kier molecular flexibility index (Phi) is 3.47. The van der Waals surface area contributed by atoms with Gasteiger partial charge in [0.05, 0.1) is 18.6 Å². The lowest BCUT2D eigenvalue weighted by Crippen LogP contribution is -1.97. The first-order valence-electron chi connectivity index (χ1n) is 3.06. The number of hydrogen-bond donors (Lipinski definition) is 1. The minimum Gasteiger partial charge on any atom is -0.501 e. The van der Waals surface area contributed by atoms with Crippen LogP contribution in [0.5, 0.6) is 0 Å². The van der Waals surface area contributed by atoms with E-state index >= 15 is 0 Å². The van der Waals surface area contributed by atoms with E-state index in [9.17, 15) is 0 Å². The number of rotatable bonds is 3. The summed E-state index contributed by atoms with van der Waals surface area (Å²) in [7, 11) is 1.59. The molecule has 2 heteroatoms. The normalized spacial score (nSPS) is 11.9. The summed E-state index contributed by atoms with van der Waals surface area (Å²) in [6.07, 6.45) is 1.50. The van der Waals surface area contributed by atoms with E-state index in [-0.39, 0.29) is 0 Å². The number of nitrogens with one attached hydrogen (secondary N) is 1. The molecule has 1 N–H and O–H groups in total. The number of methoxy groups -OCH3 is 1. The maximum Gasteiger partial charge on any atom is 0.0974 e. The molecule has 0 heterocycles. The molecule has 0 aromatic heterocycles. The van der Waals surface area contributed by atoms with Crippen molar-refractivity contribution in [1.29, 1.82) is 5.41 Å². The van der Waals surface area contributed by atoms with Gasteiger partial charge in [0.15, 0.2) is 0 Å². The van der Waals surface area contributed by atoms with Crippen molar-refractivity contribution in [2.75, 3.05) is 7.11 Å². The maximum atomic E-state index is 7.32. The first kappa shape index (κ1) is 8.95. The summed E-state index contributed by atoms with van der Waals surface area (Å²) in [6.45, 7) is 7.15. The lowest BCUT2D eigenvalue weighted by molar-refractivity contribution is 0.291. The molecule has 0 aliphatic rings. The zero-order chi connectivity index (χ0) is 8.15. The van der Waals surface area contributed by atoms with Gasteiger partial charge in [-0.2, -0.15) is 0 Å². The molecule has 0 rings (SSSR count). The molecule has 0 atom stereocenters. The largest absolute Gasteiger partial charge is 0.501 e. The third-order valence-electron chi connectivity index (χ3n) is 1.44. The molecule has 0 saturated heterocycles. The van der Waals surface area contributed by atoms with Crippen LogP contribution < -0.4 is 0 Å². The second-order valence-corrected chi connectivity index (χ2v) is 2.00. The van der Waals surface area contributed by atoms with E-state index in [1.807, 2.05) is 13.8 Å². The van der Waals surface area contributed by atoms with Gasteiger partial charge in [-0.15, -0.1) is 0 Å². The predicted molar refractivity (Wildman–Crippen MR) is 43.3 cm³/mol. The fourth-order valence-corrected chi connectivity index (χ4v) is 0.496. The van der Waals surface area contributed by atoms with Crippen LogP contribution in [-0.2, 0) is 4.74 Å². The average molecular weight is 139 g/mol. The molecule has 0 fully saturated rings. The summed E-state index contributed by atoms with van der Waals surface area (Å²) in [5.41, 5.74) is 1.25. The molecule has 2 nitrogen and oxygen atoms in total. The molecule has 0 amide bonds. The molecule has 0 unspecified atom stereocenters. The van der Waals surface area contributed by atoms with Gasteiger partial charge in [0.25, 0.3) is 0 Å². The van der Waals surface area contributed by atoms with Crippen molar-refractivity contribution in [1.82, 2.24) is 0 Å². The van der Waals surface area contributed by atoms with E-state index in [0.717, 1.165) is 11.3 Å². The molecule has 0 bridgehead atoms. The Morgan fingerprint density at radius 2 is 2.00 bits per heavy atom. The minimum absolute atomic E-state index is 0.416. The van der Waals surface area contributed by atoms with Crippen LogP contribution in [0.1, 0.15) is 13.8 Å².